The summed E-state index contributed by atoms with van der Waals surface area (Å²) in [5, 5.41) is 0. The maximum Gasteiger partial charge on any atom is 0.312 e. The standard InChI is InChI=1S/C15H21N5O3/c1-15(2,3)13(22)23-9-20-12(21)11-10(6-7-16-11)18-14(20)17-8-19(4)5/h6-8,16H,9H2,1-5H3. The van der Waals surface area contributed by atoms with Gasteiger partial charge in [0.05, 0.1) is 17.3 Å². The third-order valence-electron chi connectivity index (χ3n) is 2.99. The lowest BCUT2D eigenvalue weighted by Gasteiger charge is -2.17. The summed E-state index contributed by atoms with van der Waals surface area (Å²) in [5.74, 6) is -0.226. The molecule has 0 spiro atoms. The molecule has 2 rings (SSSR count). The summed E-state index contributed by atoms with van der Waals surface area (Å²) in [7, 11) is 3.61. The Bertz CT molecular complexity index is 796. The van der Waals surface area contributed by atoms with Crippen LogP contribution in [-0.2, 0) is 16.3 Å². The largest absolute Gasteiger partial charge is 0.443 e. The van der Waals surface area contributed by atoms with Gasteiger partial charge in [-0.2, -0.15) is 0 Å². The van der Waals surface area contributed by atoms with Gasteiger partial charge in [-0.05, 0) is 26.8 Å². The third-order valence-corrected chi connectivity index (χ3v) is 2.99. The lowest BCUT2D eigenvalue weighted by Crippen LogP contribution is -2.28. The van der Waals surface area contributed by atoms with Gasteiger partial charge in [-0.15, -0.1) is 0 Å². The van der Waals surface area contributed by atoms with Crippen LogP contribution in [0.3, 0.4) is 0 Å². The number of nitrogens with one attached hydrogen (secondary N) is 1. The van der Waals surface area contributed by atoms with Gasteiger partial charge < -0.3 is 14.6 Å². The van der Waals surface area contributed by atoms with Crippen molar-refractivity contribution in [2.45, 2.75) is 27.5 Å². The van der Waals surface area contributed by atoms with E-state index in [9.17, 15) is 9.59 Å². The molecule has 0 aliphatic heterocycles. The minimum Gasteiger partial charge on any atom is -0.443 e. The van der Waals surface area contributed by atoms with Crippen LogP contribution >= 0.6 is 0 Å². The molecule has 0 radical (unpaired) electrons. The molecule has 0 amide bonds. The van der Waals surface area contributed by atoms with E-state index >= 15 is 0 Å². The van der Waals surface area contributed by atoms with E-state index in [4.69, 9.17) is 4.74 Å². The average Bonchev–Trinajstić information content (AvgIpc) is 2.91. The highest BCUT2D eigenvalue weighted by molar-refractivity contribution is 5.76. The lowest BCUT2D eigenvalue weighted by molar-refractivity contribution is -0.157. The van der Waals surface area contributed by atoms with Gasteiger partial charge in [-0.3, -0.25) is 9.59 Å². The van der Waals surface area contributed by atoms with Crippen LogP contribution in [0.1, 0.15) is 20.8 Å². The van der Waals surface area contributed by atoms with Crippen molar-refractivity contribution < 1.29 is 9.53 Å². The molecule has 0 aliphatic rings. The summed E-state index contributed by atoms with van der Waals surface area (Å²) in [6, 6.07) is 1.69. The number of aromatic nitrogens is 3. The summed E-state index contributed by atoms with van der Waals surface area (Å²) < 4.78 is 6.45. The molecular weight excluding hydrogens is 298 g/mol. The molecule has 2 aromatic rings. The minimum absolute atomic E-state index is 0.178. The van der Waals surface area contributed by atoms with Gasteiger partial charge in [0.2, 0.25) is 5.95 Å². The number of fused-ring (bicyclic) bond motifs is 1. The highest BCUT2D eigenvalue weighted by atomic mass is 16.5. The molecule has 8 nitrogen and oxygen atoms in total. The number of aromatic amines is 1. The van der Waals surface area contributed by atoms with E-state index in [1.165, 1.54) is 10.9 Å². The third kappa shape index (κ3) is 3.77. The van der Waals surface area contributed by atoms with E-state index in [1.54, 1.807) is 52.0 Å². The highest BCUT2D eigenvalue weighted by Crippen LogP contribution is 2.17. The van der Waals surface area contributed by atoms with Gasteiger partial charge in [0.1, 0.15) is 5.52 Å². The van der Waals surface area contributed by atoms with E-state index in [1.807, 2.05) is 0 Å². The van der Waals surface area contributed by atoms with Crippen molar-refractivity contribution in [1.29, 1.82) is 0 Å². The smallest absolute Gasteiger partial charge is 0.312 e. The van der Waals surface area contributed by atoms with Crippen LogP contribution in [0.15, 0.2) is 22.1 Å². The van der Waals surface area contributed by atoms with Gasteiger partial charge in [-0.1, -0.05) is 0 Å². The molecule has 0 saturated carbocycles. The van der Waals surface area contributed by atoms with Gasteiger partial charge in [-0.25, -0.2) is 14.5 Å². The zero-order valence-electron chi connectivity index (χ0n) is 14.0. The second kappa shape index (κ2) is 6.23. The van der Waals surface area contributed by atoms with Crippen LogP contribution in [0.25, 0.3) is 11.0 Å². The predicted octanol–water partition coefficient (Wildman–Crippen LogP) is 1.49. The second-order valence-corrected chi connectivity index (χ2v) is 6.40. The maximum atomic E-state index is 12.5. The van der Waals surface area contributed by atoms with E-state index in [0.29, 0.717) is 11.0 Å². The lowest BCUT2D eigenvalue weighted by atomic mass is 9.98. The first-order valence-corrected chi connectivity index (χ1v) is 7.16. The summed E-state index contributed by atoms with van der Waals surface area (Å²) in [4.78, 5) is 37.5. The van der Waals surface area contributed by atoms with Gasteiger partial charge >= 0.3 is 5.97 Å². The van der Waals surface area contributed by atoms with Crippen molar-refractivity contribution in [3.05, 3.63) is 22.6 Å². The van der Waals surface area contributed by atoms with Gasteiger partial charge in [0, 0.05) is 20.3 Å². The number of esters is 1. The van der Waals surface area contributed by atoms with Crippen molar-refractivity contribution in [3.63, 3.8) is 0 Å². The van der Waals surface area contributed by atoms with Gasteiger partial charge in [0.25, 0.3) is 5.56 Å². The molecule has 124 valence electrons. The molecule has 0 unspecified atom stereocenters. The number of hydrogen-bond acceptors (Lipinski definition) is 5. The fourth-order valence-corrected chi connectivity index (χ4v) is 1.74. The summed E-state index contributed by atoms with van der Waals surface area (Å²) >= 11 is 0. The van der Waals surface area contributed by atoms with Crippen molar-refractivity contribution in [3.8, 4) is 0 Å². The minimum atomic E-state index is -0.652. The van der Waals surface area contributed by atoms with Crippen LogP contribution in [0.4, 0.5) is 5.95 Å². The Kier molecular flexibility index (Phi) is 4.53. The molecule has 1 N–H and O–H groups in total. The van der Waals surface area contributed by atoms with Crippen molar-refractivity contribution in [2.24, 2.45) is 10.4 Å². The number of carbonyl (C=O) groups excluding carboxylic acids is 1. The van der Waals surface area contributed by atoms with Gasteiger partial charge in [0.15, 0.2) is 6.73 Å². The first kappa shape index (κ1) is 16.7. The molecule has 8 heteroatoms. The Hall–Kier alpha value is -2.64. The van der Waals surface area contributed by atoms with E-state index in [-0.39, 0.29) is 18.2 Å². The Labute approximate surface area is 133 Å². The van der Waals surface area contributed by atoms with Crippen molar-refractivity contribution in [2.75, 3.05) is 14.1 Å². The maximum absolute atomic E-state index is 12.5. The zero-order valence-corrected chi connectivity index (χ0v) is 14.0. The molecule has 2 heterocycles. The molecule has 0 saturated heterocycles. The molecule has 0 fully saturated rings. The van der Waals surface area contributed by atoms with Crippen LogP contribution < -0.4 is 5.56 Å². The van der Waals surface area contributed by atoms with E-state index in [2.05, 4.69) is 15.0 Å². The van der Waals surface area contributed by atoms with Crippen molar-refractivity contribution >= 4 is 29.3 Å². The molecule has 2 aromatic heterocycles. The Morgan fingerprint density at radius 3 is 2.78 bits per heavy atom. The summed E-state index contributed by atoms with van der Waals surface area (Å²) in [5.41, 5.74) is -0.131. The average molecular weight is 319 g/mol. The Balaban J connectivity index is 2.42. The number of ether oxygens (including phenoxy) is 1. The molecule has 0 aliphatic carbocycles. The van der Waals surface area contributed by atoms with Crippen molar-refractivity contribution in [1.82, 2.24) is 19.4 Å². The monoisotopic (exact) mass is 319 g/mol. The molecule has 23 heavy (non-hydrogen) atoms. The highest BCUT2D eigenvalue weighted by Gasteiger charge is 2.23. The fourth-order valence-electron chi connectivity index (χ4n) is 1.74. The van der Waals surface area contributed by atoms with Crippen LogP contribution in [0.2, 0.25) is 0 Å². The zero-order chi connectivity index (χ0) is 17.2. The molecule has 0 bridgehead atoms. The van der Waals surface area contributed by atoms with Crippen LogP contribution in [-0.4, -0.2) is 45.8 Å². The van der Waals surface area contributed by atoms with E-state index < -0.39 is 11.4 Å². The SMILES string of the molecule is CN(C)C=Nc1nc2cc[nH]c2c(=O)n1COC(=O)C(C)(C)C. The predicted molar refractivity (Wildman–Crippen MR) is 87.7 cm³/mol. The fraction of sp³-hybridized carbons (Fsp3) is 0.467. The number of hydrogen-bond donors (Lipinski definition) is 1. The van der Waals surface area contributed by atoms with Crippen LogP contribution in [0.5, 0.6) is 0 Å². The van der Waals surface area contributed by atoms with E-state index in [0.717, 1.165) is 0 Å². The normalized spacial score (nSPS) is 12.0. The molecule has 0 atom stereocenters. The first-order valence-electron chi connectivity index (χ1n) is 7.16. The number of aliphatic imine (C=N–C) groups is 1. The Morgan fingerprint density at radius 1 is 1.48 bits per heavy atom. The summed E-state index contributed by atoms with van der Waals surface area (Å²) in [6.07, 6.45) is 3.16. The topological polar surface area (TPSA) is 92.6 Å². The molecular formula is C15H21N5O3. The Morgan fingerprint density at radius 2 is 2.17 bits per heavy atom. The number of H-pyrrole nitrogens is 1. The quantitative estimate of drug-likeness (QED) is 0.523. The second-order valence-electron chi connectivity index (χ2n) is 6.40. The number of rotatable bonds is 4. The first-order chi connectivity index (χ1) is 10.7. The summed E-state index contributed by atoms with van der Waals surface area (Å²) in [6.45, 7) is 5.00. The molecule has 0 aromatic carbocycles. The van der Waals surface area contributed by atoms with Crippen LogP contribution in [0, 0.1) is 5.41 Å². The number of nitrogens with zero attached hydrogens (tertiary/aromatic N) is 4. The number of carbonyl (C=O) groups is 1.